The number of carbonyl (C=O) groups is 1. The molecule has 0 N–H and O–H groups in total. The van der Waals surface area contributed by atoms with Gasteiger partial charge in [0.15, 0.2) is 0 Å². The highest BCUT2D eigenvalue weighted by Gasteiger charge is 2.44. The predicted octanol–water partition coefficient (Wildman–Crippen LogP) is 2.93. The lowest BCUT2D eigenvalue weighted by atomic mass is 9.77. The normalized spacial score (nSPS) is 23.5. The molecule has 2 aromatic carbocycles. The molecule has 168 valence electrons. The Morgan fingerprint density at radius 1 is 1.12 bits per heavy atom. The number of methoxy groups -OCH3 is 1. The van der Waals surface area contributed by atoms with Gasteiger partial charge in [-0.2, -0.15) is 5.10 Å². The SMILES string of the molecule is COc1ccc2c(c1)C1=NN(C(=O)CN3CCN(C)CC3)[C@H](c3ccc(F)cc3)[C@@H]1CC2. The van der Waals surface area contributed by atoms with Gasteiger partial charge < -0.3 is 9.64 Å². The van der Waals surface area contributed by atoms with E-state index in [4.69, 9.17) is 9.84 Å². The summed E-state index contributed by atoms with van der Waals surface area (Å²) >= 11 is 0. The van der Waals surface area contributed by atoms with Gasteiger partial charge >= 0.3 is 0 Å². The first-order chi connectivity index (χ1) is 15.5. The van der Waals surface area contributed by atoms with Crippen molar-refractivity contribution >= 4 is 11.6 Å². The van der Waals surface area contributed by atoms with Gasteiger partial charge in [0.05, 0.1) is 25.4 Å². The van der Waals surface area contributed by atoms with Crippen LogP contribution in [0.4, 0.5) is 4.39 Å². The number of hydrogen-bond acceptors (Lipinski definition) is 5. The molecule has 1 fully saturated rings. The lowest BCUT2D eigenvalue weighted by Gasteiger charge is -2.34. The quantitative estimate of drug-likeness (QED) is 0.740. The molecule has 3 aliphatic rings. The summed E-state index contributed by atoms with van der Waals surface area (Å²) in [6.45, 7) is 4.01. The lowest BCUT2D eigenvalue weighted by molar-refractivity contribution is -0.135. The van der Waals surface area contributed by atoms with E-state index in [0.717, 1.165) is 61.6 Å². The maximum atomic E-state index is 13.6. The first kappa shape index (κ1) is 21.1. The molecule has 6 nitrogen and oxygen atoms in total. The summed E-state index contributed by atoms with van der Waals surface area (Å²) in [6, 6.07) is 12.4. The first-order valence-electron chi connectivity index (χ1n) is 11.3. The Bertz CT molecular complexity index is 1030. The lowest BCUT2D eigenvalue weighted by Crippen LogP contribution is -2.48. The number of piperazine rings is 1. The largest absolute Gasteiger partial charge is 0.497 e. The molecule has 0 saturated carbocycles. The van der Waals surface area contributed by atoms with Crippen LogP contribution in [0.25, 0.3) is 0 Å². The minimum Gasteiger partial charge on any atom is -0.497 e. The second kappa shape index (κ2) is 8.64. The molecule has 1 saturated heterocycles. The van der Waals surface area contributed by atoms with Gasteiger partial charge in [0.25, 0.3) is 5.91 Å². The van der Waals surface area contributed by atoms with Gasteiger partial charge in [0.2, 0.25) is 0 Å². The molecule has 1 amide bonds. The van der Waals surface area contributed by atoms with Crippen LogP contribution in [-0.2, 0) is 11.2 Å². The predicted molar refractivity (Wildman–Crippen MR) is 121 cm³/mol. The van der Waals surface area contributed by atoms with E-state index in [1.165, 1.54) is 17.7 Å². The zero-order chi connectivity index (χ0) is 22.2. The Hall–Kier alpha value is -2.77. The zero-order valence-electron chi connectivity index (χ0n) is 18.6. The minimum absolute atomic E-state index is 0.00442. The van der Waals surface area contributed by atoms with Crippen molar-refractivity contribution < 1.29 is 13.9 Å². The van der Waals surface area contributed by atoms with Gasteiger partial charge in [0.1, 0.15) is 11.6 Å². The summed E-state index contributed by atoms with van der Waals surface area (Å²) in [5.74, 6) is 0.585. The monoisotopic (exact) mass is 436 g/mol. The molecule has 1 aliphatic carbocycles. The van der Waals surface area contributed by atoms with E-state index in [-0.39, 0.29) is 23.7 Å². The third kappa shape index (κ3) is 3.91. The molecule has 2 aliphatic heterocycles. The van der Waals surface area contributed by atoms with Crippen LogP contribution in [0, 0.1) is 11.7 Å². The molecule has 7 heteroatoms. The summed E-state index contributed by atoms with van der Waals surface area (Å²) in [4.78, 5) is 18.0. The number of amides is 1. The van der Waals surface area contributed by atoms with Crippen LogP contribution in [0.5, 0.6) is 5.75 Å². The van der Waals surface area contributed by atoms with Gasteiger partial charge in [-0.05, 0) is 55.3 Å². The number of halogens is 1. The van der Waals surface area contributed by atoms with E-state index >= 15 is 0 Å². The highest BCUT2D eigenvalue weighted by molar-refractivity contribution is 6.07. The van der Waals surface area contributed by atoms with Gasteiger partial charge in [-0.25, -0.2) is 9.40 Å². The zero-order valence-corrected chi connectivity index (χ0v) is 18.6. The number of carbonyl (C=O) groups excluding carboxylic acids is 1. The Morgan fingerprint density at radius 2 is 1.88 bits per heavy atom. The molecule has 0 radical (unpaired) electrons. The Balaban J connectivity index is 1.49. The van der Waals surface area contributed by atoms with Crippen molar-refractivity contribution in [3.8, 4) is 5.75 Å². The number of hydrazone groups is 1. The van der Waals surface area contributed by atoms with E-state index in [9.17, 15) is 9.18 Å². The first-order valence-corrected chi connectivity index (χ1v) is 11.3. The number of aryl methyl sites for hydroxylation is 1. The van der Waals surface area contributed by atoms with Gasteiger partial charge in [-0.15, -0.1) is 0 Å². The number of fused-ring (bicyclic) bond motifs is 3. The van der Waals surface area contributed by atoms with Crippen LogP contribution in [0.2, 0.25) is 0 Å². The third-order valence-corrected chi connectivity index (χ3v) is 6.95. The van der Waals surface area contributed by atoms with Crippen molar-refractivity contribution in [1.29, 1.82) is 0 Å². The summed E-state index contributed by atoms with van der Waals surface area (Å²) < 4.78 is 19.1. The number of rotatable bonds is 4. The van der Waals surface area contributed by atoms with Crippen LogP contribution >= 0.6 is 0 Å². The maximum Gasteiger partial charge on any atom is 0.257 e. The average Bonchev–Trinajstić information content (AvgIpc) is 3.21. The van der Waals surface area contributed by atoms with Crippen molar-refractivity contribution in [2.24, 2.45) is 11.0 Å². The van der Waals surface area contributed by atoms with E-state index in [1.54, 1.807) is 24.3 Å². The molecule has 32 heavy (non-hydrogen) atoms. The summed E-state index contributed by atoms with van der Waals surface area (Å²) in [6.07, 6.45) is 1.82. The molecule has 2 atom stereocenters. The van der Waals surface area contributed by atoms with E-state index < -0.39 is 0 Å². The fourth-order valence-electron chi connectivity index (χ4n) is 5.08. The van der Waals surface area contributed by atoms with Crippen LogP contribution < -0.4 is 4.74 Å². The molecular weight excluding hydrogens is 407 g/mol. The van der Waals surface area contributed by atoms with Crippen molar-refractivity contribution in [2.45, 2.75) is 18.9 Å². The summed E-state index contributed by atoms with van der Waals surface area (Å²) in [5, 5.41) is 6.57. The van der Waals surface area contributed by atoms with Gasteiger partial charge in [0, 0.05) is 37.7 Å². The highest BCUT2D eigenvalue weighted by Crippen LogP contribution is 2.44. The van der Waals surface area contributed by atoms with E-state index in [2.05, 4.69) is 22.9 Å². The van der Waals surface area contributed by atoms with Crippen molar-refractivity contribution in [1.82, 2.24) is 14.8 Å². The van der Waals surface area contributed by atoms with Crippen LogP contribution in [-0.4, -0.2) is 73.3 Å². The van der Waals surface area contributed by atoms with Crippen molar-refractivity contribution in [3.05, 3.63) is 65.0 Å². The summed E-state index contributed by atoms with van der Waals surface area (Å²) in [7, 11) is 3.76. The molecule has 0 bridgehead atoms. The number of likely N-dealkylation sites (N-methyl/N-ethyl adjacent to an activating group) is 1. The van der Waals surface area contributed by atoms with E-state index in [0.29, 0.717) is 6.54 Å². The number of hydrogen-bond donors (Lipinski definition) is 0. The standard InChI is InChI=1S/C25H29FN4O2/c1-28-11-13-29(14-12-28)16-23(31)30-25(18-3-7-19(26)8-4-18)21-10-6-17-5-9-20(32-2)15-22(17)24(21)27-30/h3-5,7-9,15,21,25H,6,10-14,16H2,1-2H3/t21-,25-/m1/s1. The van der Waals surface area contributed by atoms with Crippen LogP contribution in [0.15, 0.2) is 47.6 Å². The Kier molecular flexibility index (Phi) is 5.69. The second-order valence-corrected chi connectivity index (χ2v) is 8.97. The number of benzene rings is 2. The van der Waals surface area contributed by atoms with Gasteiger partial charge in [-0.1, -0.05) is 18.2 Å². The summed E-state index contributed by atoms with van der Waals surface area (Å²) in [5.41, 5.74) is 4.15. The van der Waals surface area contributed by atoms with E-state index in [1.807, 2.05) is 12.1 Å². The maximum absolute atomic E-state index is 13.6. The number of ether oxygens (including phenoxy) is 1. The van der Waals surface area contributed by atoms with Gasteiger partial charge in [-0.3, -0.25) is 9.69 Å². The fraction of sp³-hybridized carbons (Fsp3) is 0.440. The Morgan fingerprint density at radius 3 is 2.59 bits per heavy atom. The molecule has 5 rings (SSSR count). The van der Waals surface area contributed by atoms with Crippen LogP contribution in [0.3, 0.4) is 0 Å². The fourth-order valence-corrected chi connectivity index (χ4v) is 5.08. The highest BCUT2D eigenvalue weighted by atomic mass is 19.1. The molecule has 0 spiro atoms. The third-order valence-electron chi connectivity index (χ3n) is 6.95. The molecule has 2 heterocycles. The molecule has 2 aromatic rings. The molecule has 0 aromatic heterocycles. The topological polar surface area (TPSA) is 48.4 Å². The smallest absolute Gasteiger partial charge is 0.257 e. The molecular formula is C25H29FN4O2. The van der Waals surface area contributed by atoms with Crippen LogP contribution in [0.1, 0.15) is 29.2 Å². The molecule has 0 unspecified atom stereocenters. The Labute approximate surface area is 188 Å². The average molecular weight is 437 g/mol. The van der Waals surface area contributed by atoms with Crippen molar-refractivity contribution in [3.63, 3.8) is 0 Å². The number of nitrogens with zero attached hydrogens (tertiary/aromatic N) is 4. The second-order valence-electron chi connectivity index (χ2n) is 8.97. The minimum atomic E-state index is -0.276. The van der Waals surface area contributed by atoms with Crippen molar-refractivity contribution in [2.75, 3.05) is 46.9 Å².